The van der Waals surface area contributed by atoms with Gasteiger partial charge in [-0.15, -0.1) is 0 Å². The van der Waals surface area contributed by atoms with Crippen molar-refractivity contribution in [2.24, 2.45) is 0 Å². The highest BCUT2D eigenvalue weighted by atomic mass is 16.5. The van der Waals surface area contributed by atoms with Crippen molar-refractivity contribution in [1.29, 1.82) is 5.26 Å². The van der Waals surface area contributed by atoms with Gasteiger partial charge >= 0.3 is 0 Å². The van der Waals surface area contributed by atoms with Crippen LogP contribution in [-0.4, -0.2) is 33.8 Å². The lowest BCUT2D eigenvalue weighted by molar-refractivity contribution is -0.138. The van der Waals surface area contributed by atoms with Crippen LogP contribution in [0.4, 0.5) is 0 Å². The van der Waals surface area contributed by atoms with E-state index in [1.807, 2.05) is 0 Å². The van der Waals surface area contributed by atoms with Crippen molar-refractivity contribution in [3.8, 4) is 11.8 Å². The Balaban J connectivity index is 2.11. The van der Waals surface area contributed by atoms with E-state index in [9.17, 15) is 20.3 Å². The highest BCUT2D eigenvalue weighted by Crippen LogP contribution is 2.47. The highest BCUT2D eigenvalue weighted by molar-refractivity contribution is 5.98. The van der Waals surface area contributed by atoms with E-state index < -0.39 is 17.2 Å². The first-order chi connectivity index (χ1) is 11.7. The van der Waals surface area contributed by atoms with Crippen LogP contribution in [0.15, 0.2) is 29.5 Å². The third-order valence-corrected chi connectivity index (χ3v) is 5.38. The first-order valence-corrected chi connectivity index (χ1v) is 8.29. The van der Waals surface area contributed by atoms with Gasteiger partial charge in [0.15, 0.2) is 5.78 Å². The largest absolute Gasteiger partial charge is 0.484 e. The molecule has 3 N–H and O–H groups in total. The van der Waals surface area contributed by atoms with Gasteiger partial charge < -0.3 is 20.3 Å². The van der Waals surface area contributed by atoms with Crippen LogP contribution in [-0.2, 0) is 4.79 Å². The molecule has 2 aliphatic rings. The van der Waals surface area contributed by atoms with Gasteiger partial charge in [-0.1, -0.05) is 0 Å². The fourth-order valence-electron chi connectivity index (χ4n) is 3.41. The van der Waals surface area contributed by atoms with Crippen LogP contribution in [0.5, 0.6) is 5.75 Å². The normalized spacial score (nSPS) is 27.5. The summed E-state index contributed by atoms with van der Waals surface area (Å²) < 4.78 is 5.97. The highest BCUT2D eigenvalue weighted by Gasteiger charge is 2.53. The Morgan fingerprint density at radius 3 is 2.72 bits per heavy atom. The lowest BCUT2D eigenvalue weighted by Crippen LogP contribution is -2.61. The Hall–Kier alpha value is -2.36. The Labute approximate surface area is 146 Å². The maximum absolute atomic E-state index is 11.9. The first-order valence-electron chi connectivity index (χ1n) is 8.29. The third-order valence-electron chi connectivity index (χ3n) is 5.38. The number of allylic oxidation sites excluding steroid dienone is 1. The van der Waals surface area contributed by atoms with Gasteiger partial charge in [0.25, 0.3) is 0 Å². The summed E-state index contributed by atoms with van der Waals surface area (Å²) in [7, 11) is 0. The zero-order valence-electron chi connectivity index (χ0n) is 14.6. The maximum atomic E-state index is 11.9. The van der Waals surface area contributed by atoms with Crippen LogP contribution in [0, 0.1) is 11.3 Å². The van der Waals surface area contributed by atoms with Crippen molar-refractivity contribution in [1.82, 2.24) is 5.32 Å². The molecule has 0 amide bonds. The quantitative estimate of drug-likeness (QED) is 0.773. The molecule has 2 atom stereocenters. The number of carbonyl (C=O) groups is 1. The number of hydrogen-bond donors (Lipinski definition) is 3. The third kappa shape index (κ3) is 2.70. The number of nitrogens with one attached hydrogen (secondary N) is 1. The van der Waals surface area contributed by atoms with Gasteiger partial charge in [0.2, 0.25) is 0 Å². The zero-order chi connectivity index (χ0) is 18.4. The number of ether oxygens (including phenoxy) is 1. The molecule has 0 bridgehead atoms. The number of nitriles is 1. The number of fused-ring (bicyclic) bond motifs is 1. The Morgan fingerprint density at radius 2 is 2.08 bits per heavy atom. The van der Waals surface area contributed by atoms with E-state index in [1.54, 1.807) is 39.0 Å². The van der Waals surface area contributed by atoms with Crippen molar-refractivity contribution >= 4 is 5.78 Å². The Bertz CT molecular complexity index is 802. The van der Waals surface area contributed by atoms with Gasteiger partial charge in [-0.05, 0) is 45.4 Å². The standard InChI is InChI=1S/C19H22N2O4/c1-18(2)19(3,24)17(21-14-5-6-15(23)13(14)10-22)12-8-11(9-20)4-7-16(12)25-18/h4,7-8,17,21-22,24H,5-6,10H2,1-3H3. The summed E-state index contributed by atoms with van der Waals surface area (Å²) in [6, 6.07) is 6.59. The van der Waals surface area contributed by atoms with Gasteiger partial charge in [-0.25, -0.2) is 0 Å². The van der Waals surface area contributed by atoms with Crippen molar-refractivity contribution in [3.05, 3.63) is 40.6 Å². The van der Waals surface area contributed by atoms with Crippen LogP contribution in [0.3, 0.4) is 0 Å². The van der Waals surface area contributed by atoms with E-state index in [0.717, 1.165) is 0 Å². The monoisotopic (exact) mass is 342 g/mol. The smallest absolute Gasteiger partial charge is 0.163 e. The van der Waals surface area contributed by atoms with Gasteiger partial charge in [0, 0.05) is 23.3 Å². The molecule has 1 aromatic rings. The lowest BCUT2D eigenvalue weighted by atomic mass is 9.75. The molecule has 132 valence electrons. The molecule has 6 nitrogen and oxygen atoms in total. The van der Waals surface area contributed by atoms with E-state index in [0.29, 0.717) is 41.0 Å². The molecule has 1 heterocycles. The van der Waals surface area contributed by atoms with E-state index in [1.165, 1.54) is 0 Å². The number of benzene rings is 1. The minimum absolute atomic E-state index is 0.0815. The number of aliphatic hydroxyl groups excluding tert-OH is 1. The topological polar surface area (TPSA) is 103 Å². The molecule has 6 heteroatoms. The fraction of sp³-hybridized carbons (Fsp3) is 0.474. The van der Waals surface area contributed by atoms with Crippen LogP contribution in [0.1, 0.15) is 50.8 Å². The number of rotatable bonds is 3. The molecule has 1 aromatic carbocycles. The molecule has 0 saturated carbocycles. The molecular formula is C19H22N2O4. The average Bonchev–Trinajstić information content (AvgIpc) is 2.91. The van der Waals surface area contributed by atoms with E-state index >= 15 is 0 Å². The summed E-state index contributed by atoms with van der Waals surface area (Å²) in [5, 5.41) is 33.2. The molecule has 1 aliphatic heterocycles. The van der Waals surface area contributed by atoms with Crippen molar-refractivity contribution in [2.75, 3.05) is 6.61 Å². The second kappa shape index (κ2) is 5.87. The summed E-state index contributed by atoms with van der Waals surface area (Å²) in [5.41, 5.74) is -0.0836. The molecular weight excluding hydrogens is 320 g/mol. The van der Waals surface area contributed by atoms with Crippen LogP contribution < -0.4 is 10.1 Å². The first kappa shape index (κ1) is 17.5. The minimum Gasteiger partial charge on any atom is -0.484 e. The average molecular weight is 342 g/mol. The molecule has 0 radical (unpaired) electrons. The molecule has 0 saturated heterocycles. The predicted molar refractivity (Wildman–Crippen MR) is 90.7 cm³/mol. The fourth-order valence-corrected chi connectivity index (χ4v) is 3.41. The van der Waals surface area contributed by atoms with Gasteiger partial charge in [0.05, 0.1) is 24.3 Å². The van der Waals surface area contributed by atoms with Crippen molar-refractivity contribution < 1.29 is 19.7 Å². The number of Topliss-reactive ketones (excluding diaryl/α,β-unsaturated/α-hetero) is 1. The second-order valence-corrected chi connectivity index (χ2v) is 7.24. The minimum atomic E-state index is -1.31. The van der Waals surface area contributed by atoms with Crippen molar-refractivity contribution in [2.45, 2.75) is 50.9 Å². The van der Waals surface area contributed by atoms with E-state index in [-0.39, 0.29) is 12.4 Å². The zero-order valence-corrected chi connectivity index (χ0v) is 14.6. The molecule has 0 aromatic heterocycles. The SMILES string of the molecule is CC1(C)Oc2ccc(C#N)cc2C(NC2=C(CO)C(=O)CC2)C1(C)O. The summed E-state index contributed by atoms with van der Waals surface area (Å²) in [6.45, 7) is 4.93. The number of nitrogens with zero attached hydrogens (tertiary/aromatic N) is 1. The number of aliphatic hydroxyl groups is 2. The van der Waals surface area contributed by atoms with Gasteiger partial charge in [-0.2, -0.15) is 5.26 Å². The number of ketones is 1. The lowest BCUT2D eigenvalue weighted by Gasteiger charge is -2.50. The molecule has 0 spiro atoms. The predicted octanol–water partition coefficient (Wildman–Crippen LogP) is 1.72. The summed E-state index contributed by atoms with van der Waals surface area (Å²) in [4.78, 5) is 11.9. The number of hydrogen-bond acceptors (Lipinski definition) is 6. The Kier molecular flexibility index (Phi) is 4.10. The Morgan fingerprint density at radius 1 is 1.36 bits per heavy atom. The maximum Gasteiger partial charge on any atom is 0.163 e. The molecule has 25 heavy (non-hydrogen) atoms. The van der Waals surface area contributed by atoms with Gasteiger partial charge in [-0.3, -0.25) is 4.79 Å². The second-order valence-electron chi connectivity index (χ2n) is 7.24. The summed E-state index contributed by atoms with van der Waals surface area (Å²) >= 11 is 0. The van der Waals surface area contributed by atoms with Crippen LogP contribution >= 0.6 is 0 Å². The summed E-state index contributed by atoms with van der Waals surface area (Å²) in [6.07, 6.45) is 0.841. The van der Waals surface area contributed by atoms with E-state index in [2.05, 4.69) is 11.4 Å². The summed E-state index contributed by atoms with van der Waals surface area (Å²) in [5.74, 6) is 0.505. The van der Waals surface area contributed by atoms with Crippen molar-refractivity contribution in [3.63, 3.8) is 0 Å². The molecule has 0 fully saturated rings. The molecule has 1 aliphatic carbocycles. The number of carbonyl (C=O) groups excluding carboxylic acids is 1. The molecule has 3 rings (SSSR count). The molecule has 2 unspecified atom stereocenters. The van der Waals surface area contributed by atoms with Crippen LogP contribution in [0.25, 0.3) is 0 Å². The van der Waals surface area contributed by atoms with E-state index in [4.69, 9.17) is 4.74 Å². The van der Waals surface area contributed by atoms with Gasteiger partial charge in [0.1, 0.15) is 17.0 Å². The van der Waals surface area contributed by atoms with Crippen LogP contribution in [0.2, 0.25) is 0 Å².